The molecule has 3 rings (SSSR count). The summed E-state index contributed by atoms with van der Waals surface area (Å²) in [5, 5.41) is 12.2. The van der Waals surface area contributed by atoms with Crippen molar-refractivity contribution in [1.29, 1.82) is 0 Å². The van der Waals surface area contributed by atoms with Gasteiger partial charge in [-0.3, -0.25) is 4.79 Å². The number of rotatable bonds is 8. The molecule has 2 aromatic carbocycles. The van der Waals surface area contributed by atoms with Crippen LogP contribution >= 0.6 is 11.8 Å². The normalized spacial score (nSPS) is 12.1. The number of hydrogen-bond acceptors (Lipinski definition) is 6. The number of amides is 1. The van der Waals surface area contributed by atoms with Crippen molar-refractivity contribution >= 4 is 23.5 Å². The zero-order chi connectivity index (χ0) is 24.3. The first-order chi connectivity index (χ1) is 15.8. The highest BCUT2D eigenvalue weighted by atomic mass is 32.2. The topological polar surface area (TPSA) is 80.7 Å². The molecule has 33 heavy (non-hydrogen) atoms. The van der Waals surface area contributed by atoms with Crippen LogP contribution in [0, 0.1) is 6.92 Å². The highest BCUT2D eigenvalue weighted by molar-refractivity contribution is 7.98. The number of ether oxygens (including phenoxy) is 2. The zero-order valence-corrected chi connectivity index (χ0v) is 20.6. The lowest BCUT2D eigenvalue weighted by atomic mass is 10.0. The summed E-state index contributed by atoms with van der Waals surface area (Å²) in [5.41, 5.74) is 0.843. The second-order valence-electron chi connectivity index (χ2n) is 7.65. The first-order valence-corrected chi connectivity index (χ1v) is 11.9. The number of aromatic nitrogens is 1. The molecular weight excluding hydrogens is 436 g/mol. The standard InChI is InChI=1S/C18H22N2O3.C8H10OS/c1-4-18(3,12-21)23-15-7-5-6-14(10-15)17(22)20-16-9-8-13(2)11-19-16;1-9-7-3-5-8(10-2)6-4-7/h5-11,21H,4,12H2,1-3H3,(H,19,20,22);3-6H,1-2H3. The third-order valence-corrected chi connectivity index (χ3v) is 5.73. The smallest absolute Gasteiger partial charge is 0.256 e. The van der Waals surface area contributed by atoms with Crippen LogP contribution in [0.3, 0.4) is 0 Å². The lowest BCUT2D eigenvalue weighted by Gasteiger charge is -2.27. The Hall–Kier alpha value is -3.03. The number of aliphatic hydroxyl groups is 1. The van der Waals surface area contributed by atoms with Gasteiger partial charge in [-0.15, -0.1) is 11.8 Å². The molecule has 176 valence electrons. The highest BCUT2D eigenvalue weighted by Gasteiger charge is 2.23. The van der Waals surface area contributed by atoms with Crippen molar-refractivity contribution in [3.05, 3.63) is 78.0 Å². The molecule has 0 radical (unpaired) electrons. The number of methoxy groups -OCH3 is 1. The van der Waals surface area contributed by atoms with E-state index in [0.717, 1.165) is 11.3 Å². The van der Waals surface area contributed by atoms with E-state index >= 15 is 0 Å². The van der Waals surface area contributed by atoms with Gasteiger partial charge in [-0.1, -0.05) is 19.1 Å². The SMILES string of the molecule is CCC(C)(CO)Oc1cccc(C(=O)Nc2ccc(C)cn2)c1.COc1ccc(SC)cc1. The number of carbonyl (C=O) groups excluding carboxylic acids is 1. The summed E-state index contributed by atoms with van der Waals surface area (Å²) in [4.78, 5) is 17.7. The van der Waals surface area contributed by atoms with Gasteiger partial charge >= 0.3 is 0 Å². The lowest BCUT2D eigenvalue weighted by Crippen LogP contribution is -2.35. The Kier molecular flexibility index (Phi) is 10.2. The van der Waals surface area contributed by atoms with E-state index in [0.29, 0.717) is 23.6 Å². The summed E-state index contributed by atoms with van der Waals surface area (Å²) < 4.78 is 10.8. The van der Waals surface area contributed by atoms with Crippen molar-refractivity contribution in [2.75, 3.05) is 25.3 Å². The quantitative estimate of drug-likeness (QED) is 0.419. The molecule has 0 fully saturated rings. The minimum atomic E-state index is -0.659. The number of aliphatic hydroxyl groups excluding tert-OH is 1. The summed E-state index contributed by atoms with van der Waals surface area (Å²) in [5.74, 6) is 1.71. The van der Waals surface area contributed by atoms with E-state index in [4.69, 9.17) is 9.47 Å². The molecule has 2 N–H and O–H groups in total. The van der Waals surface area contributed by atoms with E-state index in [1.807, 2.05) is 51.1 Å². The van der Waals surface area contributed by atoms with Gasteiger partial charge < -0.3 is 19.9 Å². The Labute approximate surface area is 200 Å². The van der Waals surface area contributed by atoms with Gasteiger partial charge in [0, 0.05) is 16.7 Å². The molecule has 0 aliphatic heterocycles. The van der Waals surface area contributed by atoms with E-state index < -0.39 is 5.60 Å². The minimum absolute atomic E-state index is 0.0901. The van der Waals surface area contributed by atoms with Gasteiger partial charge in [-0.05, 0) is 80.6 Å². The highest BCUT2D eigenvalue weighted by Crippen LogP contribution is 2.22. The first kappa shape index (κ1) is 26.2. The molecule has 7 heteroatoms. The Balaban J connectivity index is 0.000000321. The molecule has 1 heterocycles. The number of benzene rings is 2. The van der Waals surface area contributed by atoms with Crippen LogP contribution in [0.25, 0.3) is 0 Å². The van der Waals surface area contributed by atoms with Gasteiger partial charge in [0.2, 0.25) is 0 Å². The predicted octanol–water partition coefficient (Wildman–Crippen LogP) is 5.60. The molecule has 1 unspecified atom stereocenters. The predicted molar refractivity (Wildman–Crippen MR) is 135 cm³/mol. The average Bonchev–Trinajstić information content (AvgIpc) is 2.86. The number of anilines is 1. The molecule has 1 aromatic heterocycles. The van der Waals surface area contributed by atoms with Gasteiger partial charge in [0.15, 0.2) is 0 Å². The maximum atomic E-state index is 12.3. The maximum absolute atomic E-state index is 12.3. The number of thioether (sulfide) groups is 1. The molecule has 0 aliphatic carbocycles. The van der Waals surface area contributed by atoms with E-state index in [-0.39, 0.29) is 12.5 Å². The van der Waals surface area contributed by atoms with Crippen LogP contribution in [0.1, 0.15) is 36.2 Å². The molecule has 0 aliphatic rings. The number of aryl methyl sites for hydroxylation is 1. The van der Waals surface area contributed by atoms with Crippen molar-refractivity contribution in [3.8, 4) is 11.5 Å². The molecule has 0 bridgehead atoms. The van der Waals surface area contributed by atoms with E-state index in [1.165, 1.54) is 4.90 Å². The summed E-state index contributed by atoms with van der Waals surface area (Å²) in [6, 6.07) is 18.5. The maximum Gasteiger partial charge on any atom is 0.256 e. The second-order valence-corrected chi connectivity index (χ2v) is 8.53. The summed E-state index contributed by atoms with van der Waals surface area (Å²) in [7, 11) is 1.67. The first-order valence-electron chi connectivity index (χ1n) is 10.6. The Bertz CT molecular complexity index is 981. The molecule has 1 atom stereocenters. The van der Waals surface area contributed by atoms with Crippen LogP contribution in [-0.4, -0.2) is 41.6 Å². The fraction of sp³-hybridized carbons (Fsp3) is 0.308. The van der Waals surface area contributed by atoms with Crippen molar-refractivity contribution in [1.82, 2.24) is 4.98 Å². The molecule has 3 aromatic rings. The monoisotopic (exact) mass is 468 g/mol. The number of nitrogens with zero attached hydrogens (tertiary/aromatic N) is 1. The number of pyridine rings is 1. The summed E-state index contributed by atoms with van der Waals surface area (Å²) in [6.07, 6.45) is 4.41. The van der Waals surface area contributed by atoms with E-state index in [1.54, 1.807) is 55.4 Å². The Morgan fingerprint density at radius 1 is 1.12 bits per heavy atom. The fourth-order valence-electron chi connectivity index (χ4n) is 2.64. The zero-order valence-electron chi connectivity index (χ0n) is 19.8. The summed E-state index contributed by atoms with van der Waals surface area (Å²) >= 11 is 1.73. The van der Waals surface area contributed by atoms with Gasteiger partial charge in [0.1, 0.15) is 22.9 Å². The van der Waals surface area contributed by atoms with Crippen LogP contribution < -0.4 is 14.8 Å². The van der Waals surface area contributed by atoms with Crippen molar-refractivity contribution in [2.45, 2.75) is 37.7 Å². The van der Waals surface area contributed by atoms with Gasteiger partial charge in [0.25, 0.3) is 5.91 Å². The van der Waals surface area contributed by atoms with Gasteiger partial charge in [-0.25, -0.2) is 4.98 Å². The van der Waals surface area contributed by atoms with E-state index in [9.17, 15) is 9.90 Å². The van der Waals surface area contributed by atoms with Crippen LogP contribution in [-0.2, 0) is 0 Å². The Morgan fingerprint density at radius 2 is 1.85 bits per heavy atom. The molecule has 0 saturated carbocycles. The third-order valence-electron chi connectivity index (χ3n) is 4.99. The number of nitrogens with one attached hydrogen (secondary N) is 1. The molecule has 6 nitrogen and oxygen atoms in total. The average molecular weight is 469 g/mol. The molecular formula is C26H32N2O4S. The fourth-order valence-corrected chi connectivity index (χ4v) is 3.05. The van der Waals surface area contributed by atoms with E-state index in [2.05, 4.69) is 16.6 Å². The van der Waals surface area contributed by atoms with Crippen LogP contribution in [0.2, 0.25) is 0 Å². The third kappa shape index (κ3) is 8.44. The van der Waals surface area contributed by atoms with Crippen LogP contribution in [0.4, 0.5) is 5.82 Å². The van der Waals surface area contributed by atoms with Crippen molar-refractivity contribution < 1.29 is 19.4 Å². The second kappa shape index (κ2) is 12.9. The molecule has 1 amide bonds. The van der Waals surface area contributed by atoms with Gasteiger partial charge in [-0.2, -0.15) is 0 Å². The molecule has 0 saturated heterocycles. The largest absolute Gasteiger partial charge is 0.497 e. The Morgan fingerprint density at radius 3 is 2.39 bits per heavy atom. The van der Waals surface area contributed by atoms with Crippen LogP contribution in [0.15, 0.2) is 71.8 Å². The summed E-state index contributed by atoms with van der Waals surface area (Å²) in [6.45, 7) is 5.62. The number of hydrogen-bond donors (Lipinski definition) is 2. The van der Waals surface area contributed by atoms with Crippen LogP contribution in [0.5, 0.6) is 11.5 Å². The van der Waals surface area contributed by atoms with Crippen molar-refractivity contribution in [3.63, 3.8) is 0 Å². The van der Waals surface area contributed by atoms with Crippen molar-refractivity contribution in [2.24, 2.45) is 0 Å². The minimum Gasteiger partial charge on any atom is -0.497 e. The van der Waals surface area contributed by atoms with Gasteiger partial charge in [0.05, 0.1) is 13.7 Å². The molecule has 0 spiro atoms. The lowest BCUT2D eigenvalue weighted by molar-refractivity contribution is 0.0219. The number of carbonyl (C=O) groups is 1.